The van der Waals surface area contributed by atoms with E-state index < -0.39 is 32.0 Å². The molecule has 0 aliphatic rings. The standard InChI is InChI=1S/C19H25N3O6S3/c1-28-18-13-14(9-10-16(18)21-30(3,24)25)20-19(23)17(11-12-29-2)22-31(26,27)15-7-5-4-6-8-15/h4-10,13,17,21-22H,11-12H2,1-3H3,(H,20,23). The van der Waals surface area contributed by atoms with E-state index in [0.29, 0.717) is 11.4 Å². The lowest BCUT2D eigenvalue weighted by molar-refractivity contribution is -0.117. The Hall–Kier alpha value is -2.28. The highest BCUT2D eigenvalue weighted by Gasteiger charge is 2.25. The SMILES string of the molecule is COc1cc(NC(=O)C(CCSC)NS(=O)(=O)c2ccccc2)ccc1NS(C)(=O)=O. The van der Waals surface area contributed by atoms with Crippen LogP contribution < -0.4 is 19.5 Å². The predicted molar refractivity (Wildman–Crippen MR) is 124 cm³/mol. The van der Waals surface area contributed by atoms with Crippen LogP contribution in [0.3, 0.4) is 0 Å². The molecule has 0 heterocycles. The molecule has 1 amide bonds. The van der Waals surface area contributed by atoms with Gasteiger partial charge in [-0.15, -0.1) is 0 Å². The second-order valence-corrected chi connectivity index (χ2v) is 11.0. The van der Waals surface area contributed by atoms with E-state index >= 15 is 0 Å². The van der Waals surface area contributed by atoms with Crippen LogP contribution in [-0.4, -0.2) is 54.2 Å². The van der Waals surface area contributed by atoms with Gasteiger partial charge in [-0.05, 0) is 42.7 Å². The number of carbonyl (C=O) groups is 1. The average Bonchev–Trinajstić information content (AvgIpc) is 2.71. The van der Waals surface area contributed by atoms with Gasteiger partial charge in [-0.25, -0.2) is 16.8 Å². The minimum absolute atomic E-state index is 0.0647. The predicted octanol–water partition coefficient (Wildman–Crippen LogP) is 2.11. The van der Waals surface area contributed by atoms with Crippen LogP contribution in [0.2, 0.25) is 0 Å². The molecule has 0 radical (unpaired) electrons. The molecule has 0 aliphatic carbocycles. The lowest BCUT2D eigenvalue weighted by Gasteiger charge is -2.19. The molecule has 0 bridgehead atoms. The van der Waals surface area contributed by atoms with Gasteiger partial charge in [0.25, 0.3) is 0 Å². The third-order valence-electron chi connectivity index (χ3n) is 4.04. The second kappa shape index (κ2) is 10.8. The van der Waals surface area contributed by atoms with E-state index in [1.54, 1.807) is 18.2 Å². The fraction of sp³-hybridized carbons (Fsp3) is 0.316. The van der Waals surface area contributed by atoms with Gasteiger partial charge in [-0.3, -0.25) is 9.52 Å². The minimum atomic E-state index is -3.89. The normalized spacial score (nSPS) is 12.7. The Bertz CT molecular complexity index is 1110. The lowest BCUT2D eigenvalue weighted by Crippen LogP contribution is -2.44. The third-order valence-corrected chi connectivity index (χ3v) is 6.76. The molecule has 0 aliphatic heterocycles. The van der Waals surface area contributed by atoms with Gasteiger partial charge in [0.1, 0.15) is 11.8 Å². The van der Waals surface area contributed by atoms with Gasteiger partial charge in [0, 0.05) is 11.8 Å². The summed E-state index contributed by atoms with van der Waals surface area (Å²) >= 11 is 1.49. The number of thioether (sulfide) groups is 1. The van der Waals surface area contributed by atoms with Crippen molar-refractivity contribution in [1.82, 2.24) is 4.72 Å². The van der Waals surface area contributed by atoms with E-state index in [4.69, 9.17) is 4.74 Å². The minimum Gasteiger partial charge on any atom is -0.494 e. The summed E-state index contributed by atoms with van der Waals surface area (Å²) in [6.07, 6.45) is 3.15. The number of methoxy groups -OCH3 is 1. The van der Waals surface area contributed by atoms with E-state index in [-0.39, 0.29) is 22.8 Å². The summed E-state index contributed by atoms with van der Waals surface area (Å²) in [6, 6.07) is 11.2. The number of carbonyl (C=O) groups excluding carboxylic acids is 1. The summed E-state index contributed by atoms with van der Waals surface area (Å²) in [5.41, 5.74) is 0.542. The Morgan fingerprint density at radius 1 is 1.10 bits per heavy atom. The molecule has 31 heavy (non-hydrogen) atoms. The topological polar surface area (TPSA) is 131 Å². The van der Waals surface area contributed by atoms with E-state index in [9.17, 15) is 21.6 Å². The van der Waals surface area contributed by atoms with Gasteiger partial charge >= 0.3 is 0 Å². The number of hydrogen-bond donors (Lipinski definition) is 3. The van der Waals surface area contributed by atoms with Crippen LogP contribution in [-0.2, 0) is 24.8 Å². The summed E-state index contributed by atoms with van der Waals surface area (Å²) in [5.74, 6) is 0.226. The monoisotopic (exact) mass is 487 g/mol. The molecule has 1 unspecified atom stereocenters. The summed E-state index contributed by atoms with van der Waals surface area (Å²) in [4.78, 5) is 12.9. The van der Waals surface area contributed by atoms with Crippen LogP contribution >= 0.6 is 11.8 Å². The first kappa shape index (κ1) is 25.0. The molecule has 9 nitrogen and oxygen atoms in total. The third kappa shape index (κ3) is 7.73. The zero-order valence-corrected chi connectivity index (χ0v) is 19.7. The summed E-state index contributed by atoms with van der Waals surface area (Å²) in [6.45, 7) is 0. The maximum atomic E-state index is 12.8. The van der Waals surface area contributed by atoms with Gasteiger partial charge in [-0.2, -0.15) is 16.5 Å². The number of anilines is 2. The molecular formula is C19H25N3O6S3. The summed E-state index contributed by atoms with van der Waals surface area (Å²) < 4.78 is 58.2. The van der Waals surface area contributed by atoms with Crippen molar-refractivity contribution in [2.45, 2.75) is 17.4 Å². The van der Waals surface area contributed by atoms with Gasteiger partial charge in [0.15, 0.2) is 0 Å². The number of amides is 1. The first-order valence-electron chi connectivity index (χ1n) is 9.09. The van der Waals surface area contributed by atoms with Gasteiger partial charge in [0.2, 0.25) is 26.0 Å². The van der Waals surface area contributed by atoms with Crippen molar-refractivity contribution in [2.24, 2.45) is 0 Å². The van der Waals surface area contributed by atoms with Crippen LogP contribution in [0.1, 0.15) is 6.42 Å². The Kier molecular flexibility index (Phi) is 8.74. The number of rotatable bonds is 11. The van der Waals surface area contributed by atoms with Crippen molar-refractivity contribution in [3.8, 4) is 5.75 Å². The number of ether oxygens (including phenoxy) is 1. The second-order valence-electron chi connectivity index (χ2n) is 6.55. The Balaban J connectivity index is 2.22. The number of hydrogen-bond acceptors (Lipinski definition) is 7. The van der Waals surface area contributed by atoms with Gasteiger partial charge in [-0.1, -0.05) is 18.2 Å². The summed E-state index contributed by atoms with van der Waals surface area (Å²) in [5, 5.41) is 2.66. The molecule has 2 aromatic rings. The number of nitrogens with one attached hydrogen (secondary N) is 3. The molecule has 3 N–H and O–H groups in total. The van der Waals surface area contributed by atoms with Gasteiger partial charge < -0.3 is 10.1 Å². The molecule has 1 atom stereocenters. The van der Waals surface area contributed by atoms with Crippen molar-refractivity contribution in [1.29, 1.82) is 0 Å². The maximum Gasteiger partial charge on any atom is 0.242 e. The average molecular weight is 488 g/mol. The Labute approximate surface area is 187 Å². The number of benzene rings is 2. The van der Waals surface area contributed by atoms with Crippen molar-refractivity contribution in [3.63, 3.8) is 0 Å². The van der Waals surface area contributed by atoms with E-state index in [1.165, 1.54) is 49.2 Å². The molecule has 0 saturated carbocycles. The Morgan fingerprint density at radius 2 is 1.77 bits per heavy atom. The molecule has 0 saturated heterocycles. The van der Waals surface area contributed by atoms with Crippen molar-refractivity contribution in [2.75, 3.05) is 35.4 Å². The largest absolute Gasteiger partial charge is 0.494 e. The molecule has 2 aromatic carbocycles. The zero-order chi connectivity index (χ0) is 23.1. The zero-order valence-electron chi connectivity index (χ0n) is 17.3. The summed E-state index contributed by atoms with van der Waals surface area (Å²) in [7, 11) is -6.04. The molecular weight excluding hydrogens is 462 g/mol. The van der Waals surface area contributed by atoms with Crippen LogP contribution in [0, 0.1) is 0 Å². The van der Waals surface area contributed by atoms with Crippen LogP contribution in [0.25, 0.3) is 0 Å². The molecule has 0 fully saturated rings. The first-order valence-corrected chi connectivity index (χ1v) is 13.9. The lowest BCUT2D eigenvalue weighted by atomic mass is 10.2. The smallest absolute Gasteiger partial charge is 0.242 e. The van der Waals surface area contributed by atoms with Crippen molar-refractivity contribution >= 4 is 49.1 Å². The van der Waals surface area contributed by atoms with Crippen molar-refractivity contribution in [3.05, 3.63) is 48.5 Å². The molecule has 170 valence electrons. The highest BCUT2D eigenvalue weighted by atomic mass is 32.2. The van der Waals surface area contributed by atoms with Crippen molar-refractivity contribution < 1.29 is 26.4 Å². The maximum absolute atomic E-state index is 12.8. The quantitative estimate of drug-likeness (QED) is 0.442. The first-order chi connectivity index (χ1) is 14.6. The van der Waals surface area contributed by atoms with Crippen LogP contribution in [0.4, 0.5) is 11.4 Å². The highest BCUT2D eigenvalue weighted by Crippen LogP contribution is 2.28. The fourth-order valence-electron chi connectivity index (χ4n) is 2.62. The van der Waals surface area contributed by atoms with E-state index in [0.717, 1.165) is 6.26 Å². The van der Waals surface area contributed by atoms with E-state index in [1.807, 2.05) is 6.26 Å². The molecule has 2 rings (SSSR count). The highest BCUT2D eigenvalue weighted by molar-refractivity contribution is 7.98. The van der Waals surface area contributed by atoms with E-state index in [2.05, 4.69) is 14.8 Å². The van der Waals surface area contributed by atoms with Gasteiger partial charge in [0.05, 0.1) is 23.9 Å². The molecule has 12 heteroatoms. The Morgan fingerprint density at radius 3 is 2.35 bits per heavy atom. The van der Waals surface area contributed by atoms with Crippen LogP contribution in [0.15, 0.2) is 53.4 Å². The fourth-order valence-corrected chi connectivity index (χ4v) is 4.91. The molecule has 0 spiro atoms. The molecule has 0 aromatic heterocycles. The van der Waals surface area contributed by atoms with Crippen LogP contribution in [0.5, 0.6) is 5.75 Å². The number of sulfonamides is 2.